The van der Waals surface area contributed by atoms with Gasteiger partial charge in [0, 0.05) is 17.6 Å². The summed E-state index contributed by atoms with van der Waals surface area (Å²) < 4.78 is 12.9. The number of allylic oxidation sites excluding steroid dienone is 3. The van der Waals surface area contributed by atoms with Crippen molar-refractivity contribution in [2.45, 2.75) is 26.3 Å². The first-order valence-electron chi connectivity index (χ1n) is 9.70. The second-order valence-corrected chi connectivity index (χ2v) is 7.87. The van der Waals surface area contributed by atoms with Crippen LogP contribution in [0, 0.1) is 5.92 Å². The summed E-state index contributed by atoms with van der Waals surface area (Å²) in [6.45, 7) is 8.58. The number of aromatic nitrogens is 3. The molecule has 30 heavy (non-hydrogen) atoms. The van der Waals surface area contributed by atoms with E-state index in [1.807, 2.05) is 24.0 Å². The monoisotopic (exact) mass is 426 g/mol. The number of hydrogen-bond acceptors (Lipinski definition) is 5. The van der Waals surface area contributed by atoms with Crippen LogP contribution in [0.25, 0.3) is 5.52 Å². The number of nitrogens with zero attached hydrogens (tertiary/aromatic N) is 4. The molecule has 0 saturated carbocycles. The fraction of sp³-hybridized carbons (Fsp3) is 0.318. The molecule has 2 aliphatic rings. The van der Waals surface area contributed by atoms with Crippen molar-refractivity contribution in [2.24, 2.45) is 5.92 Å². The predicted molar refractivity (Wildman–Crippen MR) is 114 cm³/mol. The Bertz CT molecular complexity index is 1110. The van der Waals surface area contributed by atoms with Gasteiger partial charge in [-0.15, -0.1) is 0 Å². The van der Waals surface area contributed by atoms with Gasteiger partial charge in [-0.3, -0.25) is 4.79 Å². The minimum atomic E-state index is -0.0640. The molecule has 0 bridgehead atoms. The van der Waals surface area contributed by atoms with Crippen LogP contribution in [0.2, 0.25) is 5.15 Å². The van der Waals surface area contributed by atoms with Crippen LogP contribution in [-0.2, 0) is 9.53 Å². The lowest BCUT2D eigenvalue weighted by atomic mass is 9.90. The maximum atomic E-state index is 12.7. The van der Waals surface area contributed by atoms with Gasteiger partial charge in [0.1, 0.15) is 11.3 Å². The van der Waals surface area contributed by atoms with Crippen LogP contribution in [0.1, 0.15) is 20.3 Å². The molecule has 0 aromatic carbocycles. The summed E-state index contributed by atoms with van der Waals surface area (Å²) in [7, 11) is 1.68. The van der Waals surface area contributed by atoms with Crippen molar-refractivity contribution < 1.29 is 14.3 Å². The van der Waals surface area contributed by atoms with Gasteiger partial charge in [-0.2, -0.15) is 10.1 Å². The third-order valence-electron chi connectivity index (χ3n) is 5.56. The van der Waals surface area contributed by atoms with E-state index in [0.717, 1.165) is 12.2 Å². The average molecular weight is 427 g/mol. The number of carbonyl (C=O) groups is 1. The molecule has 0 spiro atoms. The van der Waals surface area contributed by atoms with Gasteiger partial charge in [0.15, 0.2) is 5.15 Å². The minimum absolute atomic E-state index is 0.0398. The maximum absolute atomic E-state index is 12.7. The fourth-order valence-electron chi connectivity index (χ4n) is 3.82. The molecule has 1 aliphatic heterocycles. The lowest BCUT2D eigenvalue weighted by Gasteiger charge is -2.30. The first-order chi connectivity index (χ1) is 14.4. The Kier molecular flexibility index (Phi) is 5.39. The molecular weight excluding hydrogens is 404 g/mol. The number of halogens is 1. The molecule has 0 fully saturated rings. The first-order valence-corrected chi connectivity index (χ1v) is 10.1. The van der Waals surface area contributed by atoms with Crippen molar-refractivity contribution in [2.75, 3.05) is 13.7 Å². The third kappa shape index (κ3) is 3.73. The highest BCUT2D eigenvalue weighted by Crippen LogP contribution is 2.32. The van der Waals surface area contributed by atoms with Gasteiger partial charge in [-0.25, -0.2) is 4.52 Å². The second kappa shape index (κ2) is 7.99. The highest BCUT2D eigenvalue weighted by atomic mass is 35.5. The quantitative estimate of drug-likeness (QED) is 0.654. The summed E-state index contributed by atoms with van der Waals surface area (Å²) in [4.78, 5) is 18.7. The Morgan fingerprint density at radius 3 is 2.93 bits per heavy atom. The number of ether oxygens (including phenoxy) is 2. The molecule has 0 saturated heterocycles. The zero-order valence-corrected chi connectivity index (χ0v) is 17.9. The zero-order valence-electron chi connectivity index (χ0n) is 17.1. The lowest BCUT2D eigenvalue weighted by molar-refractivity contribution is -0.125. The van der Waals surface area contributed by atoms with Crippen molar-refractivity contribution in [1.29, 1.82) is 0 Å². The van der Waals surface area contributed by atoms with Crippen molar-refractivity contribution in [1.82, 2.24) is 19.5 Å². The summed E-state index contributed by atoms with van der Waals surface area (Å²) in [6.07, 6.45) is 9.68. The first kappa shape index (κ1) is 20.2. The van der Waals surface area contributed by atoms with Gasteiger partial charge in [0.25, 0.3) is 0 Å². The molecule has 1 unspecified atom stereocenters. The summed E-state index contributed by atoms with van der Waals surface area (Å²) in [5, 5.41) is 4.40. The number of hydrogen-bond donors (Lipinski definition) is 0. The second-order valence-electron chi connectivity index (χ2n) is 7.49. The molecular formula is C22H23ClN4O3. The Balaban J connectivity index is 1.48. The number of carbonyl (C=O) groups excluding carboxylic acids is 1. The SMILES string of the molecule is C=C(Oc1nc(Cl)cn2nccc12)C1=CC(=O)N([C@H](C)C2=CC=C(OC)C(C)C2)C1. The molecule has 2 aromatic rings. The van der Waals surface area contributed by atoms with Crippen molar-refractivity contribution >= 4 is 23.0 Å². The largest absolute Gasteiger partial charge is 0.501 e. The molecule has 3 heterocycles. The zero-order chi connectivity index (χ0) is 21.4. The van der Waals surface area contributed by atoms with E-state index < -0.39 is 0 Å². The van der Waals surface area contributed by atoms with Crippen LogP contribution in [-0.4, -0.2) is 45.1 Å². The van der Waals surface area contributed by atoms with Crippen LogP contribution in [0.3, 0.4) is 0 Å². The Labute approximate surface area is 179 Å². The molecule has 2 atom stereocenters. The van der Waals surface area contributed by atoms with Gasteiger partial charge >= 0.3 is 0 Å². The molecule has 1 amide bonds. The van der Waals surface area contributed by atoms with Gasteiger partial charge in [-0.05, 0) is 31.1 Å². The van der Waals surface area contributed by atoms with Crippen molar-refractivity contribution in [3.63, 3.8) is 0 Å². The Morgan fingerprint density at radius 1 is 1.40 bits per heavy atom. The molecule has 1 aliphatic carbocycles. The topological polar surface area (TPSA) is 69.0 Å². The van der Waals surface area contributed by atoms with E-state index in [-0.39, 0.29) is 23.0 Å². The van der Waals surface area contributed by atoms with Crippen LogP contribution in [0.15, 0.2) is 65.9 Å². The third-order valence-corrected chi connectivity index (χ3v) is 5.74. The Morgan fingerprint density at radius 2 is 2.20 bits per heavy atom. The standard InChI is InChI=1S/C22H23ClN4O3/c1-13-9-16(5-6-19(13)29-4)14(2)26-11-17(10-21(26)28)15(3)30-22-18-7-8-24-27(18)12-20(23)25-22/h5-8,10,12-14H,3,9,11H2,1-2,4H3/t13?,14-/m1/s1. The van der Waals surface area contributed by atoms with E-state index >= 15 is 0 Å². The van der Waals surface area contributed by atoms with E-state index in [4.69, 9.17) is 21.1 Å². The predicted octanol–water partition coefficient (Wildman–Crippen LogP) is 3.93. The molecule has 0 N–H and O–H groups in total. The number of rotatable bonds is 6. The summed E-state index contributed by atoms with van der Waals surface area (Å²) in [6, 6.07) is 1.73. The number of amides is 1. The molecule has 4 rings (SSSR count). The van der Waals surface area contributed by atoms with Crippen LogP contribution in [0.5, 0.6) is 5.88 Å². The smallest absolute Gasteiger partial charge is 0.247 e. The normalized spacial score (nSPS) is 20.0. The summed E-state index contributed by atoms with van der Waals surface area (Å²) in [5.74, 6) is 1.84. The fourth-order valence-corrected chi connectivity index (χ4v) is 3.99. The molecule has 7 nitrogen and oxygen atoms in total. The van der Waals surface area contributed by atoms with E-state index in [2.05, 4.69) is 23.6 Å². The average Bonchev–Trinajstić information content (AvgIpc) is 3.33. The van der Waals surface area contributed by atoms with Gasteiger partial charge in [-0.1, -0.05) is 31.2 Å². The van der Waals surface area contributed by atoms with E-state index in [1.54, 1.807) is 36.2 Å². The van der Waals surface area contributed by atoms with Crippen molar-refractivity contribution in [3.05, 3.63) is 71.1 Å². The van der Waals surface area contributed by atoms with Crippen LogP contribution < -0.4 is 4.74 Å². The molecule has 2 aromatic heterocycles. The number of fused-ring (bicyclic) bond motifs is 1. The Hall–Kier alpha value is -3.06. The van der Waals surface area contributed by atoms with Gasteiger partial charge < -0.3 is 14.4 Å². The van der Waals surface area contributed by atoms with Gasteiger partial charge in [0.05, 0.1) is 37.8 Å². The van der Waals surface area contributed by atoms with E-state index in [1.165, 1.54) is 5.57 Å². The minimum Gasteiger partial charge on any atom is -0.501 e. The molecule has 156 valence electrons. The lowest BCUT2D eigenvalue weighted by Crippen LogP contribution is -2.37. The molecule has 8 heteroatoms. The van der Waals surface area contributed by atoms with Crippen LogP contribution >= 0.6 is 11.6 Å². The van der Waals surface area contributed by atoms with E-state index in [9.17, 15) is 4.79 Å². The summed E-state index contributed by atoms with van der Waals surface area (Å²) in [5.41, 5.74) is 2.57. The highest BCUT2D eigenvalue weighted by Gasteiger charge is 2.31. The van der Waals surface area contributed by atoms with Gasteiger partial charge in [0.2, 0.25) is 11.8 Å². The molecule has 0 radical (unpaired) electrons. The van der Waals surface area contributed by atoms with Crippen LogP contribution in [0.4, 0.5) is 0 Å². The van der Waals surface area contributed by atoms with Crippen molar-refractivity contribution in [3.8, 4) is 5.88 Å². The maximum Gasteiger partial charge on any atom is 0.247 e. The number of methoxy groups -OCH3 is 1. The summed E-state index contributed by atoms with van der Waals surface area (Å²) >= 11 is 6.05. The van der Waals surface area contributed by atoms with E-state index in [0.29, 0.717) is 29.3 Å². The highest BCUT2D eigenvalue weighted by molar-refractivity contribution is 6.29.